The molecule has 2 saturated carbocycles. The van der Waals surface area contributed by atoms with Crippen molar-refractivity contribution in [3.8, 4) is 0 Å². The average molecular weight is 363 g/mol. The van der Waals surface area contributed by atoms with E-state index in [1.807, 2.05) is 4.90 Å². The molecule has 142 valence electrons. The number of hydrogen-bond acceptors (Lipinski definition) is 5. The lowest BCUT2D eigenvalue weighted by Crippen LogP contribution is -2.55. The molecule has 0 radical (unpaired) electrons. The Labute approximate surface area is 151 Å². The van der Waals surface area contributed by atoms with Gasteiger partial charge in [0.25, 0.3) is 5.91 Å². The standard InChI is InChI=1S/C18H25N3O5/c22-16(5-6-19-18(25)15-2-1-7-26-15)20-13-8-14(9-13)21(11-17(23)24)10-12-3-4-12/h1-2,7,12-14H,3-6,8-11H2,(H,19,25)(H,20,22)(H,23,24). The monoisotopic (exact) mass is 363 g/mol. The van der Waals surface area contributed by atoms with E-state index >= 15 is 0 Å². The quantitative estimate of drug-likeness (QED) is 0.568. The minimum absolute atomic E-state index is 0.0701. The van der Waals surface area contributed by atoms with Crippen molar-refractivity contribution in [2.75, 3.05) is 19.6 Å². The van der Waals surface area contributed by atoms with Gasteiger partial charge in [-0.15, -0.1) is 0 Å². The van der Waals surface area contributed by atoms with Gasteiger partial charge in [-0.2, -0.15) is 0 Å². The smallest absolute Gasteiger partial charge is 0.317 e. The largest absolute Gasteiger partial charge is 0.480 e. The summed E-state index contributed by atoms with van der Waals surface area (Å²) in [5, 5.41) is 14.6. The molecule has 1 aromatic heterocycles. The number of carboxylic acid groups (broad SMARTS) is 1. The molecule has 1 aromatic rings. The van der Waals surface area contributed by atoms with Gasteiger partial charge in [-0.25, -0.2) is 0 Å². The molecule has 2 aliphatic carbocycles. The van der Waals surface area contributed by atoms with Crippen LogP contribution in [-0.4, -0.2) is 59.5 Å². The van der Waals surface area contributed by atoms with Crippen LogP contribution < -0.4 is 10.6 Å². The summed E-state index contributed by atoms with van der Waals surface area (Å²) in [5.74, 6) is -0.385. The molecule has 0 aromatic carbocycles. The van der Waals surface area contributed by atoms with Crippen LogP contribution in [0.5, 0.6) is 0 Å². The fourth-order valence-corrected chi connectivity index (χ4v) is 3.24. The molecule has 26 heavy (non-hydrogen) atoms. The Kier molecular flexibility index (Phi) is 5.92. The fourth-order valence-electron chi connectivity index (χ4n) is 3.24. The number of nitrogens with zero attached hydrogens (tertiary/aromatic N) is 1. The summed E-state index contributed by atoms with van der Waals surface area (Å²) in [6, 6.07) is 3.51. The second-order valence-corrected chi connectivity index (χ2v) is 7.14. The molecule has 2 aliphatic rings. The molecule has 3 N–H and O–H groups in total. The second-order valence-electron chi connectivity index (χ2n) is 7.14. The third-order valence-electron chi connectivity index (χ3n) is 4.91. The first kappa shape index (κ1) is 18.4. The maximum Gasteiger partial charge on any atom is 0.317 e. The van der Waals surface area contributed by atoms with E-state index in [1.165, 1.54) is 19.1 Å². The number of aliphatic carboxylic acids is 1. The number of hydrogen-bond donors (Lipinski definition) is 3. The zero-order chi connectivity index (χ0) is 18.5. The van der Waals surface area contributed by atoms with E-state index in [0.29, 0.717) is 5.92 Å². The van der Waals surface area contributed by atoms with E-state index in [1.54, 1.807) is 12.1 Å². The zero-order valence-electron chi connectivity index (χ0n) is 14.6. The molecule has 0 bridgehead atoms. The van der Waals surface area contributed by atoms with Crippen LogP contribution in [0.2, 0.25) is 0 Å². The molecule has 2 amide bonds. The van der Waals surface area contributed by atoms with E-state index in [9.17, 15) is 14.4 Å². The molecule has 0 saturated heterocycles. The van der Waals surface area contributed by atoms with Gasteiger partial charge in [0, 0.05) is 31.6 Å². The van der Waals surface area contributed by atoms with Crippen molar-refractivity contribution in [2.24, 2.45) is 5.92 Å². The van der Waals surface area contributed by atoms with Crippen LogP contribution in [0.3, 0.4) is 0 Å². The Hall–Kier alpha value is -2.35. The van der Waals surface area contributed by atoms with Gasteiger partial charge in [-0.1, -0.05) is 0 Å². The molecule has 0 atom stereocenters. The number of carbonyl (C=O) groups is 3. The van der Waals surface area contributed by atoms with Crippen molar-refractivity contribution in [2.45, 2.75) is 44.2 Å². The van der Waals surface area contributed by atoms with Gasteiger partial charge in [0.1, 0.15) is 0 Å². The number of carboxylic acids is 1. The van der Waals surface area contributed by atoms with Crippen LogP contribution in [-0.2, 0) is 9.59 Å². The van der Waals surface area contributed by atoms with Gasteiger partial charge < -0.3 is 20.2 Å². The van der Waals surface area contributed by atoms with E-state index in [0.717, 1.165) is 19.4 Å². The summed E-state index contributed by atoms with van der Waals surface area (Å²) in [4.78, 5) is 36.7. The van der Waals surface area contributed by atoms with Crippen LogP contribution in [0.4, 0.5) is 0 Å². The Morgan fingerprint density at radius 2 is 2.04 bits per heavy atom. The van der Waals surface area contributed by atoms with Crippen molar-refractivity contribution in [3.63, 3.8) is 0 Å². The molecule has 8 heteroatoms. The SMILES string of the molecule is O=C(O)CN(CC1CC1)C1CC(NC(=O)CCNC(=O)c2ccco2)C1. The number of furan rings is 1. The first-order valence-electron chi connectivity index (χ1n) is 9.08. The highest BCUT2D eigenvalue weighted by Gasteiger charge is 2.37. The van der Waals surface area contributed by atoms with Crippen molar-refractivity contribution < 1.29 is 23.9 Å². The number of carbonyl (C=O) groups excluding carboxylic acids is 2. The molecular formula is C18H25N3O5. The lowest BCUT2D eigenvalue weighted by Gasteiger charge is -2.42. The Morgan fingerprint density at radius 1 is 1.27 bits per heavy atom. The summed E-state index contributed by atoms with van der Waals surface area (Å²) in [6.07, 6.45) is 5.56. The summed E-state index contributed by atoms with van der Waals surface area (Å²) in [7, 11) is 0. The third kappa shape index (κ3) is 5.32. The molecule has 0 unspecified atom stereocenters. The van der Waals surface area contributed by atoms with Crippen molar-refractivity contribution in [1.29, 1.82) is 0 Å². The van der Waals surface area contributed by atoms with E-state index in [-0.39, 0.29) is 49.2 Å². The zero-order valence-corrected chi connectivity index (χ0v) is 14.6. The summed E-state index contributed by atoms with van der Waals surface area (Å²) in [6.45, 7) is 1.16. The molecule has 1 heterocycles. The summed E-state index contributed by atoms with van der Waals surface area (Å²) < 4.78 is 4.98. The van der Waals surface area contributed by atoms with Crippen LogP contribution >= 0.6 is 0 Å². The normalized spacial score (nSPS) is 21.9. The minimum Gasteiger partial charge on any atom is -0.480 e. The predicted molar refractivity (Wildman–Crippen MR) is 92.5 cm³/mol. The van der Waals surface area contributed by atoms with Crippen molar-refractivity contribution in [1.82, 2.24) is 15.5 Å². The Morgan fingerprint density at radius 3 is 2.65 bits per heavy atom. The maximum atomic E-state index is 12.0. The van der Waals surface area contributed by atoms with Gasteiger partial charge in [0.2, 0.25) is 5.91 Å². The fraction of sp³-hybridized carbons (Fsp3) is 0.611. The van der Waals surface area contributed by atoms with Crippen LogP contribution in [0.25, 0.3) is 0 Å². The van der Waals surface area contributed by atoms with Crippen LogP contribution in [0, 0.1) is 5.92 Å². The number of nitrogens with one attached hydrogen (secondary N) is 2. The van der Waals surface area contributed by atoms with Gasteiger partial charge >= 0.3 is 5.97 Å². The van der Waals surface area contributed by atoms with Gasteiger partial charge in [0.15, 0.2) is 5.76 Å². The Bertz CT molecular complexity index is 635. The highest BCUT2D eigenvalue weighted by molar-refractivity contribution is 5.91. The first-order valence-corrected chi connectivity index (χ1v) is 9.08. The van der Waals surface area contributed by atoms with Crippen molar-refractivity contribution >= 4 is 17.8 Å². The first-order chi connectivity index (χ1) is 12.5. The molecule has 0 aliphatic heterocycles. The molecule has 8 nitrogen and oxygen atoms in total. The molecule has 3 rings (SSSR count). The molecule has 2 fully saturated rings. The van der Waals surface area contributed by atoms with E-state index < -0.39 is 5.97 Å². The highest BCUT2D eigenvalue weighted by Crippen LogP contribution is 2.33. The molecular weight excluding hydrogens is 338 g/mol. The third-order valence-corrected chi connectivity index (χ3v) is 4.91. The predicted octanol–water partition coefficient (Wildman–Crippen LogP) is 0.843. The van der Waals surface area contributed by atoms with Gasteiger partial charge in [-0.3, -0.25) is 19.3 Å². The lowest BCUT2D eigenvalue weighted by molar-refractivity contribution is -0.140. The summed E-state index contributed by atoms with van der Waals surface area (Å²) >= 11 is 0. The van der Waals surface area contributed by atoms with Crippen molar-refractivity contribution in [3.05, 3.63) is 24.2 Å². The van der Waals surface area contributed by atoms with Crippen LogP contribution in [0.1, 0.15) is 42.7 Å². The van der Waals surface area contributed by atoms with E-state index in [4.69, 9.17) is 9.52 Å². The topological polar surface area (TPSA) is 112 Å². The summed E-state index contributed by atoms with van der Waals surface area (Å²) in [5.41, 5.74) is 0. The highest BCUT2D eigenvalue weighted by atomic mass is 16.4. The van der Waals surface area contributed by atoms with E-state index in [2.05, 4.69) is 10.6 Å². The van der Waals surface area contributed by atoms with Gasteiger partial charge in [-0.05, 0) is 43.7 Å². The van der Waals surface area contributed by atoms with Crippen LogP contribution in [0.15, 0.2) is 22.8 Å². The van der Waals surface area contributed by atoms with Gasteiger partial charge in [0.05, 0.1) is 12.8 Å². The second kappa shape index (κ2) is 8.35. The maximum absolute atomic E-state index is 12.0. The lowest BCUT2D eigenvalue weighted by atomic mass is 9.85. The average Bonchev–Trinajstić information content (AvgIpc) is 3.18. The number of amides is 2. The Balaban J connectivity index is 1.32. The minimum atomic E-state index is -0.801. The molecule has 0 spiro atoms. The number of rotatable bonds is 10.